The summed E-state index contributed by atoms with van der Waals surface area (Å²) in [5.74, 6) is 1.86. The predicted molar refractivity (Wildman–Crippen MR) is 90.1 cm³/mol. The lowest BCUT2D eigenvalue weighted by atomic mass is 9.95. The molecule has 0 radical (unpaired) electrons. The number of aliphatic hydroxyl groups excluding tert-OH is 1. The van der Waals surface area contributed by atoms with Crippen LogP contribution in [0.4, 0.5) is 5.82 Å². The van der Waals surface area contributed by atoms with Crippen molar-refractivity contribution in [3.63, 3.8) is 0 Å². The Labute approximate surface area is 134 Å². The average molecular weight is 303 g/mol. The Morgan fingerprint density at radius 2 is 1.86 bits per heavy atom. The second-order valence-corrected chi connectivity index (χ2v) is 6.89. The molecule has 2 aliphatic rings. The van der Waals surface area contributed by atoms with Crippen LogP contribution in [0.25, 0.3) is 0 Å². The zero-order valence-corrected chi connectivity index (χ0v) is 13.7. The van der Waals surface area contributed by atoms with E-state index in [2.05, 4.69) is 20.9 Å². The molecule has 4 nitrogen and oxygen atoms in total. The summed E-state index contributed by atoms with van der Waals surface area (Å²) >= 11 is 0. The van der Waals surface area contributed by atoms with Gasteiger partial charge in [0.15, 0.2) is 0 Å². The van der Waals surface area contributed by atoms with E-state index in [0.717, 1.165) is 30.5 Å². The summed E-state index contributed by atoms with van der Waals surface area (Å²) in [5, 5.41) is 9.68. The highest BCUT2D eigenvalue weighted by molar-refractivity contribution is 5.40. The molecule has 2 fully saturated rings. The maximum Gasteiger partial charge on any atom is 0.128 e. The second-order valence-electron chi connectivity index (χ2n) is 6.89. The number of aromatic nitrogens is 1. The maximum atomic E-state index is 9.68. The Morgan fingerprint density at radius 1 is 1.14 bits per heavy atom. The molecule has 0 saturated carbocycles. The third-order valence-electron chi connectivity index (χ3n) is 5.09. The number of hydrogen-bond donors (Lipinski definition) is 1. The van der Waals surface area contributed by atoms with Gasteiger partial charge in [0.2, 0.25) is 0 Å². The summed E-state index contributed by atoms with van der Waals surface area (Å²) in [4.78, 5) is 9.64. The summed E-state index contributed by atoms with van der Waals surface area (Å²) in [6.45, 7) is 7.85. The molecule has 0 bridgehead atoms. The minimum absolute atomic E-state index is 0.489. The van der Waals surface area contributed by atoms with Gasteiger partial charge in [-0.2, -0.15) is 0 Å². The van der Waals surface area contributed by atoms with Gasteiger partial charge in [0.25, 0.3) is 0 Å². The number of likely N-dealkylation sites (tertiary alicyclic amines) is 1. The van der Waals surface area contributed by atoms with Gasteiger partial charge in [-0.3, -0.25) is 0 Å². The second kappa shape index (κ2) is 7.42. The van der Waals surface area contributed by atoms with Crippen molar-refractivity contribution in [2.24, 2.45) is 5.92 Å². The normalized spacial score (nSPS) is 22.7. The van der Waals surface area contributed by atoms with Crippen molar-refractivity contribution < 1.29 is 5.11 Å². The quantitative estimate of drug-likeness (QED) is 0.928. The Bertz CT molecular complexity index is 463. The van der Waals surface area contributed by atoms with Crippen LogP contribution in [-0.2, 0) is 0 Å². The highest BCUT2D eigenvalue weighted by Crippen LogP contribution is 2.24. The number of rotatable bonds is 4. The monoisotopic (exact) mass is 303 g/mol. The maximum absolute atomic E-state index is 9.68. The first-order valence-electron chi connectivity index (χ1n) is 8.84. The SMILES string of the molecule is CC(O)c1cccc(N2CCC(CN3CCCCC3)CC2)n1. The fourth-order valence-electron chi connectivity index (χ4n) is 3.70. The van der Waals surface area contributed by atoms with E-state index < -0.39 is 6.10 Å². The molecule has 3 heterocycles. The van der Waals surface area contributed by atoms with Gasteiger partial charge >= 0.3 is 0 Å². The minimum Gasteiger partial charge on any atom is -0.387 e. The Balaban J connectivity index is 1.51. The largest absolute Gasteiger partial charge is 0.387 e. The first-order valence-corrected chi connectivity index (χ1v) is 8.84. The van der Waals surface area contributed by atoms with Crippen molar-refractivity contribution in [3.05, 3.63) is 23.9 Å². The smallest absolute Gasteiger partial charge is 0.128 e. The van der Waals surface area contributed by atoms with E-state index in [0.29, 0.717) is 0 Å². The third kappa shape index (κ3) is 3.99. The lowest BCUT2D eigenvalue weighted by Gasteiger charge is -2.36. The number of piperidine rings is 2. The van der Waals surface area contributed by atoms with E-state index in [1.54, 1.807) is 6.92 Å². The Kier molecular flexibility index (Phi) is 5.32. The summed E-state index contributed by atoms with van der Waals surface area (Å²) < 4.78 is 0. The fraction of sp³-hybridized carbons (Fsp3) is 0.722. The van der Waals surface area contributed by atoms with Gasteiger partial charge in [-0.1, -0.05) is 12.5 Å². The van der Waals surface area contributed by atoms with Crippen LogP contribution in [0.15, 0.2) is 18.2 Å². The van der Waals surface area contributed by atoms with Gasteiger partial charge in [0.1, 0.15) is 5.82 Å². The molecule has 0 amide bonds. The van der Waals surface area contributed by atoms with Crippen LogP contribution in [0, 0.1) is 5.92 Å². The Morgan fingerprint density at radius 3 is 2.55 bits per heavy atom. The van der Waals surface area contributed by atoms with E-state index in [4.69, 9.17) is 0 Å². The molecule has 0 spiro atoms. The van der Waals surface area contributed by atoms with E-state index in [1.165, 1.54) is 51.7 Å². The molecule has 0 aromatic carbocycles. The lowest BCUT2D eigenvalue weighted by molar-refractivity contribution is 0.181. The van der Waals surface area contributed by atoms with E-state index in [1.807, 2.05) is 12.1 Å². The van der Waals surface area contributed by atoms with Crippen molar-refractivity contribution in [1.29, 1.82) is 0 Å². The highest BCUT2D eigenvalue weighted by atomic mass is 16.3. The molecule has 1 N–H and O–H groups in total. The van der Waals surface area contributed by atoms with E-state index in [9.17, 15) is 5.11 Å². The molecular weight excluding hydrogens is 274 g/mol. The van der Waals surface area contributed by atoms with Crippen LogP contribution in [0.3, 0.4) is 0 Å². The van der Waals surface area contributed by atoms with Crippen molar-refractivity contribution in [2.45, 2.75) is 45.1 Å². The molecule has 22 heavy (non-hydrogen) atoms. The van der Waals surface area contributed by atoms with Gasteiger partial charge in [-0.05, 0) is 63.7 Å². The molecule has 1 unspecified atom stereocenters. The minimum atomic E-state index is -0.489. The van der Waals surface area contributed by atoms with Crippen LogP contribution >= 0.6 is 0 Å². The van der Waals surface area contributed by atoms with Crippen LogP contribution in [0.1, 0.15) is 50.8 Å². The first kappa shape index (κ1) is 15.8. The van der Waals surface area contributed by atoms with Crippen molar-refractivity contribution in [1.82, 2.24) is 9.88 Å². The van der Waals surface area contributed by atoms with Gasteiger partial charge < -0.3 is 14.9 Å². The molecule has 2 aliphatic heterocycles. The van der Waals surface area contributed by atoms with Gasteiger partial charge in [-0.25, -0.2) is 4.98 Å². The first-order chi connectivity index (χ1) is 10.7. The molecule has 1 atom stereocenters. The molecule has 3 rings (SSSR count). The number of nitrogens with zero attached hydrogens (tertiary/aromatic N) is 3. The molecule has 4 heteroatoms. The fourth-order valence-corrected chi connectivity index (χ4v) is 3.70. The van der Waals surface area contributed by atoms with Crippen LogP contribution in [-0.4, -0.2) is 47.7 Å². The molecule has 2 saturated heterocycles. The van der Waals surface area contributed by atoms with E-state index in [-0.39, 0.29) is 0 Å². The number of anilines is 1. The molecular formula is C18H29N3O. The standard InChI is InChI=1S/C18H29N3O/c1-15(22)17-6-5-7-18(19-17)21-12-8-16(9-13-21)14-20-10-3-2-4-11-20/h5-7,15-16,22H,2-4,8-14H2,1H3. The predicted octanol–water partition coefficient (Wildman–Crippen LogP) is 2.84. The summed E-state index contributed by atoms with van der Waals surface area (Å²) in [6.07, 6.45) is 6.22. The van der Waals surface area contributed by atoms with Crippen molar-refractivity contribution in [2.75, 3.05) is 37.6 Å². The molecule has 0 aliphatic carbocycles. The zero-order chi connectivity index (χ0) is 15.4. The average Bonchev–Trinajstić information content (AvgIpc) is 2.56. The molecule has 122 valence electrons. The molecule has 1 aromatic heterocycles. The van der Waals surface area contributed by atoms with Gasteiger partial charge in [0, 0.05) is 19.6 Å². The lowest BCUT2D eigenvalue weighted by Crippen LogP contribution is -2.40. The number of hydrogen-bond acceptors (Lipinski definition) is 4. The molecule has 1 aromatic rings. The van der Waals surface area contributed by atoms with Gasteiger partial charge in [0.05, 0.1) is 11.8 Å². The third-order valence-corrected chi connectivity index (χ3v) is 5.09. The zero-order valence-electron chi connectivity index (χ0n) is 13.7. The van der Waals surface area contributed by atoms with Crippen molar-refractivity contribution in [3.8, 4) is 0 Å². The summed E-state index contributed by atoms with van der Waals surface area (Å²) in [5.41, 5.74) is 0.771. The van der Waals surface area contributed by atoms with Crippen molar-refractivity contribution >= 4 is 5.82 Å². The number of pyridine rings is 1. The van der Waals surface area contributed by atoms with Crippen LogP contribution in [0.5, 0.6) is 0 Å². The summed E-state index contributed by atoms with van der Waals surface area (Å²) in [7, 11) is 0. The van der Waals surface area contributed by atoms with Crippen LogP contribution < -0.4 is 4.90 Å². The topological polar surface area (TPSA) is 39.6 Å². The van der Waals surface area contributed by atoms with E-state index >= 15 is 0 Å². The van der Waals surface area contributed by atoms with Crippen LogP contribution in [0.2, 0.25) is 0 Å². The Hall–Kier alpha value is -1.13. The number of aliphatic hydroxyl groups is 1. The summed E-state index contributed by atoms with van der Waals surface area (Å²) in [6, 6.07) is 5.97. The highest BCUT2D eigenvalue weighted by Gasteiger charge is 2.23. The van der Waals surface area contributed by atoms with Gasteiger partial charge in [-0.15, -0.1) is 0 Å².